The van der Waals surface area contributed by atoms with E-state index in [2.05, 4.69) is 4.98 Å². The van der Waals surface area contributed by atoms with E-state index < -0.39 is 10.0 Å². The standard InChI is InChI=1S/C16H20N2O4S/c1-13-12-14(7-8-15(13)22-11-10-21-3)23(19,20)18(2)16-6-4-5-9-17-16/h4-9,12H,10-11H2,1-3H3. The zero-order chi connectivity index (χ0) is 16.9. The molecule has 0 bridgehead atoms. The maximum Gasteiger partial charge on any atom is 0.265 e. The van der Waals surface area contributed by atoms with Crippen LogP contribution in [-0.4, -0.2) is 40.8 Å². The molecular weight excluding hydrogens is 316 g/mol. The van der Waals surface area contributed by atoms with Gasteiger partial charge in [0.1, 0.15) is 18.2 Å². The number of sulfonamides is 1. The predicted octanol–water partition coefficient (Wildman–Crippen LogP) is 2.24. The highest BCUT2D eigenvalue weighted by Crippen LogP contribution is 2.25. The summed E-state index contributed by atoms with van der Waals surface area (Å²) in [6.07, 6.45) is 1.55. The molecule has 1 heterocycles. The molecule has 0 N–H and O–H groups in total. The van der Waals surface area contributed by atoms with Crippen molar-refractivity contribution in [2.75, 3.05) is 31.7 Å². The second-order valence-electron chi connectivity index (χ2n) is 4.93. The van der Waals surface area contributed by atoms with Crippen molar-refractivity contribution >= 4 is 15.8 Å². The van der Waals surface area contributed by atoms with Crippen LogP contribution in [0.3, 0.4) is 0 Å². The number of anilines is 1. The Morgan fingerprint density at radius 1 is 1.17 bits per heavy atom. The summed E-state index contributed by atoms with van der Waals surface area (Å²) < 4.78 is 37.0. The van der Waals surface area contributed by atoms with E-state index in [0.717, 1.165) is 9.87 Å². The van der Waals surface area contributed by atoms with E-state index in [9.17, 15) is 8.42 Å². The van der Waals surface area contributed by atoms with Gasteiger partial charge in [-0.2, -0.15) is 0 Å². The van der Waals surface area contributed by atoms with Crippen LogP contribution in [0.4, 0.5) is 5.82 Å². The summed E-state index contributed by atoms with van der Waals surface area (Å²) in [5.41, 5.74) is 0.747. The van der Waals surface area contributed by atoms with Gasteiger partial charge in [-0.3, -0.25) is 4.31 Å². The van der Waals surface area contributed by atoms with Crippen molar-refractivity contribution in [3.8, 4) is 5.75 Å². The number of ether oxygens (including phenoxy) is 2. The number of pyridine rings is 1. The Hall–Kier alpha value is -2.12. The third-order valence-electron chi connectivity index (χ3n) is 3.32. The topological polar surface area (TPSA) is 68.7 Å². The molecule has 2 rings (SSSR count). The molecule has 0 unspecified atom stereocenters. The molecule has 0 saturated carbocycles. The van der Waals surface area contributed by atoms with Crippen molar-refractivity contribution in [1.82, 2.24) is 4.98 Å². The van der Waals surface area contributed by atoms with Crippen molar-refractivity contribution in [3.63, 3.8) is 0 Å². The van der Waals surface area contributed by atoms with Gasteiger partial charge in [0.15, 0.2) is 0 Å². The molecule has 0 radical (unpaired) electrons. The maximum atomic E-state index is 12.7. The van der Waals surface area contributed by atoms with Crippen molar-refractivity contribution in [3.05, 3.63) is 48.2 Å². The molecule has 23 heavy (non-hydrogen) atoms. The van der Waals surface area contributed by atoms with Crippen LogP contribution in [0.5, 0.6) is 5.75 Å². The van der Waals surface area contributed by atoms with Gasteiger partial charge in [0, 0.05) is 20.4 Å². The van der Waals surface area contributed by atoms with E-state index in [0.29, 0.717) is 24.8 Å². The maximum absolute atomic E-state index is 12.7. The zero-order valence-electron chi connectivity index (χ0n) is 13.4. The Morgan fingerprint density at radius 3 is 2.57 bits per heavy atom. The number of rotatable bonds is 7. The van der Waals surface area contributed by atoms with Crippen LogP contribution < -0.4 is 9.04 Å². The van der Waals surface area contributed by atoms with Crippen molar-refractivity contribution in [1.29, 1.82) is 0 Å². The third-order valence-corrected chi connectivity index (χ3v) is 5.08. The molecule has 1 aromatic heterocycles. The Morgan fingerprint density at radius 2 is 1.96 bits per heavy atom. The first kappa shape index (κ1) is 17.2. The molecule has 1 aromatic carbocycles. The third kappa shape index (κ3) is 4.00. The first-order valence-electron chi connectivity index (χ1n) is 7.09. The average Bonchev–Trinajstić information content (AvgIpc) is 2.56. The molecule has 0 fully saturated rings. The van der Waals surface area contributed by atoms with Gasteiger partial charge >= 0.3 is 0 Å². The Bertz CT molecular complexity index is 748. The van der Waals surface area contributed by atoms with Crippen LogP contribution in [0.2, 0.25) is 0 Å². The van der Waals surface area contributed by atoms with E-state index in [1.807, 2.05) is 6.92 Å². The molecule has 0 aliphatic heterocycles. The van der Waals surface area contributed by atoms with Gasteiger partial charge in [0.25, 0.3) is 10.0 Å². The minimum absolute atomic E-state index is 0.197. The lowest BCUT2D eigenvalue weighted by Crippen LogP contribution is -2.27. The second kappa shape index (κ2) is 7.43. The molecule has 0 spiro atoms. The highest BCUT2D eigenvalue weighted by Gasteiger charge is 2.22. The second-order valence-corrected chi connectivity index (χ2v) is 6.90. The van der Waals surface area contributed by atoms with E-state index in [1.165, 1.54) is 13.1 Å². The fourth-order valence-electron chi connectivity index (χ4n) is 2.00. The first-order chi connectivity index (χ1) is 11.0. The van der Waals surface area contributed by atoms with E-state index >= 15 is 0 Å². The lowest BCUT2D eigenvalue weighted by atomic mass is 10.2. The van der Waals surface area contributed by atoms with Crippen molar-refractivity contribution in [2.24, 2.45) is 0 Å². The molecule has 7 heteroatoms. The summed E-state index contributed by atoms with van der Waals surface area (Å²) in [7, 11) is -0.587. The molecule has 0 aliphatic carbocycles. The minimum atomic E-state index is -3.67. The van der Waals surface area contributed by atoms with Crippen LogP contribution in [-0.2, 0) is 14.8 Å². The molecule has 6 nitrogen and oxygen atoms in total. The lowest BCUT2D eigenvalue weighted by molar-refractivity contribution is 0.146. The number of aryl methyl sites for hydroxylation is 1. The Balaban J connectivity index is 2.25. The molecule has 0 saturated heterocycles. The first-order valence-corrected chi connectivity index (χ1v) is 8.53. The molecule has 2 aromatic rings. The average molecular weight is 336 g/mol. The quantitative estimate of drug-likeness (QED) is 0.725. The summed E-state index contributed by atoms with van der Waals surface area (Å²) >= 11 is 0. The largest absolute Gasteiger partial charge is 0.491 e. The number of benzene rings is 1. The van der Waals surface area contributed by atoms with Gasteiger partial charge in [-0.05, 0) is 42.8 Å². The number of aromatic nitrogens is 1. The number of hydrogen-bond donors (Lipinski definition) is 0. The van der Waals surface area contributed by atoms with Crippen LogP contribution >= 0.6 is 0 Å². The highest BCUT2D eigenvalue weighted by molar-refractivity contribution is 7.92. The Kier molecular flexibility index (Phi) is 5.57. The van der Waals surface area contributed by atoms with E-state index in [4.69, 9.17) is 9.47 Å². The smallest absolute Gasteiger partial charge is 0.265 e. The molecule has 0 aliphatic rings. The monoisotopic (exact) mass is 336 g/mol. The van der Waals surface area contributed by atoms with Crippen LogP contribution in [0, 0.1) is 6.92 Å². The van der Waals surface area contributed by atoms with Gasteiger partial charge in [-0.25, -0.2) is 13.4 Å². The van der Waals surface area contributed by atoms with Gasteiger partial charge < -0.3 is 9.47 Å². The SMILES string of the molecule is COCCOc1ccc(S(=O)(=O)N(C)c2ccccn2)cc1C. The Labute approximate surface area is 136 Å². The summed E-state index contributed by atoms with van der Waals surface area (Å²) in [4.78, 5) is 4.27. The van der Waals surface area contributed by atoms with Crippen LogP contribution in [0.15, 0.2) is 47.5 Å². The number of methoxy groups -OCH3 is 1. The van der Waals surface area contributed by atoms with E-state index in [1.54, 1.807) is 43.6 Å². The number of hydrogen-bond acceptors (Lipinski definition) is 5. The molecular formula is C16H20N2O4S. The summed E-state index contributed by atoms with van der Waals surface area (Å²) in [6, 6.07) is 9.91. The number of nitrogens with zero attached hydrogens (tertiary/aromatic N) is 2. The summed E-state index contributed by atoms with van der Waals surface area (Å²) in [5, 5.41) is 0. The van der Waals surface area contributed by atoms with Gasteiger partial charge in [-0.15, -0.1) is 0 Å². The van der Waals surface area contributed by atoms with E-state index in [-0.39, 0.29) is 4.90 Å². The van der Waals surface area contributed by atoms with Crippen LogP contribution in [0.1, 0.15) is 5.56 Å². The molecule has 0 atom stereocenters. The molecule has 0 amide bonds. The zero-order valence-corrected chi connectivity index (χ0v) is 14.2. The van der Waals surface area contributed by atoms with Gasteiger partial charge in [0.05, 0.1) is 11.5 Å². The van der Waals surface area contributed by atoms with Crippen molar-refractivity contribution in [2.45, 2.75) is 11.8 Å². The van der Waals surface area contributed by atoms with Gasteiger partial charge in [-0.1, -0.05) is 6.07 Å². The van der Waals surface area contributed by atoms with Gasteiger partial charge in [0.2, 0.25) is 0 Å². The highest BCUT2D eigenvalue weighted by atomic mass is 32.2. The summed E-state index contributed by atoms with van der Waals surface area (Å²) in [6.45, 7) is 2.70. The fraction of sp³-hybridized carbons (Fsp3) is 0.312. The lowest BCUT2D eigenvalue weighted by Gasteiger charge is -2.19. The van der Waals surface area contributed by atoms with Crippen LogP contribution in [0.25, 0.3) is 0 Å². The van der Waals surface area contributed by atoms with Crippen molar-refractivity contribution < 1.29 is 17.9 Å². The predicted molar refractivity (Wildman–Crippen MR) is 88.4 cm³/mol. The normalized spacial score (nSPS) is 11.3. The minimum Gasteiger partial charge on any atom is -0.491 e. The summed E-state index contributed by atoms with van der Waals surface area (Å²) in [5.74, 6) is 1.01. The fourth-order valence-corrected chi connectivity index (χ4v) is 3.24. The molecule has 124 valence electrons.